The molecule has 4 rings (SSSR count). The summed E-state index contributed by atoms with van der Waals surface area (Å²) in [5.74, 6) is -0.104. The molecule has 190 valence electrons. The van der Waals surface area contributed by atoms with Crippen molar-refractivity contribution in [3.8, 4) is 11.5 Å². The van der Waals surface area contributed by atoms with Gasteiger partial charge < -0.3 is 35.6 Å². The molecule has 0 spiro atoms. The topological polar surface area (TPSA) is 163 Å². The molecule has 0 unspecified atom stereocenters. The molecule has 1 atom stereocenters. The van der Waals surface area contributed by atoms with E-state index in [2.05, 4.69) is 23.5 Å². The van der Waals surface area contributed by atoms with Gasteiger partial charge in [0.25, 0.3) is 17.7 Å². The molecule has 0 fully saturated rings. The normalized spacial score (nSPS) is 13.0. The van der Waals surface area contributed by atoms with Gasteiger partial charge >= 0.3 is 0 Å². The van der Waals surface area contributed by atoms with Gasteiger partial charge in [0.1, 0.15) is 10.6 Å². The van der Waals surface area contributed by atoms with E-state index in [1.807, 2.05) is 0 Å². The van der Waals surface area contributed by atoms with Crippen LogP contribution >= 0.6 is 11.5 Å². The smallest absolute Gasteiger partial charge is 0.270 e. The first-order chi connectivity index (χ1) is 17.3. The minimum absolute atomic E-state index is 0.00167. The molecule has 1 aliphatic heterocycles. The van der Waals surface area contributed by atoms with Crippen molar-refractivity contribution in [2.75, 3.05) is 19.1 Å². The highest BCUT2D eigenvalue weighted by Crippen LogP contribution is 2.35. The third kappa shape index (κ3) is 5.28. The summed E-state index contributed by atoms with van der Waals surface area (Å²) in [7, 11) is 0. The lowest BCUT2D eigenvalue weighted by molar-refractivity contribution is -0.126. The van der Waals surface area contributed by atoms with Crippen LogP contribution in [0.25, 0.3) is 0 Å². The van der Waals surface area contributed by atoms with E-state index in [4.69, 9.17) is 25.4 Å². The number of primary amides is 1. The molecule has 0 radical (unpaired) electrons. The maximum Gasteiger partial charge on any atom is 0.270 e. The predicted octanol–water partition coefficient (Wildman–Crippen LogP) is 2.69. The fourth-order valence-corrected chi connectivity index (χ4v) is 4.49. The van der Waals surface area contributed by atoms with Gasteiger partial charge in [0.2, 0.25) is 6.79 Å². The van der Waals surface area contributed by atoms with Gasteiger partial charge in [-0.2, -0.15) is 4.37 Å². The van der Waals surface area contributed by atoms with Crippen molar-refractivity contribution in [1.29, 1.82) is 0 Å². The number of furan rings is 1. The molecular formula is C24H27N5O6S. The van der Waals surface area contributed by atoms with Crippen LogP contribution in [-0.2, 0) is 11.3 Å². The number of fused-ring (bicyclic) bond motifs is 1. The zero-order chi connectivity index (χ0) is 25.8. The first-order valence-electron chi connectivity index (χ1n) is 11.3. The van der Waals surface area contributed by atoms with E-state index in [9.17, 15) is 14.4 Å². The summed E-state index contributed by atoms with van der Waals surface area (Å²) in [6, 6.07) is 7.38. The number of nitrogens with one attached hydrogen (secondary N) is 1. The van der Waals surface area contributed by atoms with Gasteiger partial charge in [-0.25, -0.2) is 0 Å². The van der Waals surface area contributed by atoms with Crippen LogP contribution in [0.2, 0.25) is 0 Å². The number of aromatic nitrogens is 1. The van der Waals surface area contributed by atoms with Crippen molar-refractivity contribution in [1.82, 2.24) is 14.6 Å². The number of carbonyl (C=O) groups is 3. The quantitative estimate of drug-likeness (QED) is 0.372. The highest BCUT2D eigenvalue weighted by molar-refractivity contribution is 7.09. The molecular weight excluding hydrogens is 486 g/mol. The Bertz CT molecular complexity index is 1260. The number of rotatable bonds is 10. The van der Waals surface area contributed by atoms with Crippen LogP contribution in [0.4, 0.5) is 5.69 Å². The van der Waals surface area contributed by atoms with Crippen molar-refractivity contribution >= 4 is 34.9 Å². The number of hydrogen-bond donors (Lipinski definition) is 3. The van der Waals surface area contributed by atoms with Gasteiger partial charge in [0.05, 0.1) is 12.0 Å². The molecule has 3 amide bonds. The fraction of sp³-hybridized carbons (Fsp3) is 0.333. The molecule has 0 saturated heterocycles. The number of anilines is 1. The number of benzene rings is 1. The van der Waals surface area contributed by atoms with Crippen molar-refractivity contribution in [3.63, 3.8) is 0 Å². The van der Waals surface area contributed by atoms with Gasteiger partial charge in [-0.1, -0.05) is 19.9 Å². The summed E-state index contributed by atoms with van der Waals surface area (Å²) >= 11 is 0.746. The Balaban J connectivity index is 1.73. The van der Waals surface area contributed by atoms with E-state index in [-0.39, 0.29) is 35.4 Å². The van der Waals surface area contributed by atoms with Gasteiger partial charge in [0, 0.05) is 13.1 Å². The lowest BCUT2D eigenvalue weighted by Crippen LogP contribution is -2.43. The lowest BCUT2D eigenvalue weighted by Gasteiger charge is -2.30. The van der Waals surface area contributed by atoms with Crippen LogP contribution in [-0.4, -0.2) is 40.3 Å². The third-order valence-electron chi connectivity index (χ3n) is 5.60. The Hall–Kier alpha value is -4.06. The fourth-order valence-electron chi connectivity index (χ4n) is 3.73. The first-order valence-corrected chi connectivity index (χ1v) is 12.1. The molecule has 36 heavy (non-hydrogen) atoms. The summed E-state index contributed by atoms with van der Waals surface area (Å²) in [6.07, 6.45) is 2.19. The Morgan fingerprint density at radius 1 is 1.19 bits per heavy atom. The average Bonchev–Trinajstić information content (AvgIpc) is 3.59. The second-order valence-corrected chi connectivity index (χ2v) is 9.42. The van der Waals surface area contributed by atoms with Crippen LogP contribution in [0.15, 0.2) is 41.0 Å². The van der Waals surface area contributed by atoms with Crippen molar-refractivity contribution < 1.29 is 28.3 Å². The number of amides is 3. The zero-order valence-electron chi connectivity index (χ0n) is 19.9. The van der Waals surface area contributed by atoms with E-state index in [1.165, 1.54) is 11.2 Å². The number of nitrogen functional groups attached to an aromatic ring is 1. The van der Waals surface area contributed by atoms with Gasteiger partial charge in [-0.3, -0.25) is 14.4 Å². The highest BCUT2D eigenvalue weighted by Gasteiger charge is 2.36. The maximum atomic E-state index is 13.8. The molecule has 1 aromatic carbocycles. The number of nitrogens with zero attached hydrogens (tertiary/aromatic N) is 2. The molecule has 0 saturated carbocycles. The van der Waals surface area contributed by atoms with Crippen LogP contribution < -0.4 is 26.3 Å². The van der Waals surface area contributed by atoms with Gasteiger partial charge in [-0.05, 0) is 53.7 Å². The van der Waals surface area contributed by atoms with Crippen LogP contribution in [0.5, 0.6) is 11.5 Å². The Morgan fingerprint density at radius 2 is 1.97 bits per heavy atom. The molecule has 0 aliphatic carbocycles. The van der Waals surface area contributed by atoms with E-state index in [1.54, 1.807) is 30.3 Å². The molecule has 1 aliphatic rings. The van der Waals surface area contributed by atoms with Crippen molar-refractivity contribution in [3.05, 3.63) is 58.5 Å². The number of carbonyl (C=O) groups excluding carboxylic acids is 3. The molecule has 3 heterocycles. The van der Waals surface area contributed by atoms with Crippen molar-refractivity contribution in [2.45, 2.75) is 32.9 Å². The maximum absolute atomic E-state index is 13.8. The van der Waals surface area contributed by atoms with E-state index < -0.39 is 23.8 Å². The molecule has 11 nitrogen and oxygen atoms in total. The second-order valence-electron chi connectivity index (χ2n) is 8.65. The lowest BCUT2D eigenvalue weighted by atomic mass is 10.1. The molecule has 0 bridgehead atoms. The standard InChI is InChI=1S/C24H27N5O6S/c1-13(2)7-8-27-23(31)20(16-4-3-9-33-16)29(11-14-5-6-15-17(10-14)35-12-34-15)24(32)21-18(25)19(22(26)30)28-36-21/h3-6,9-10,13,20H,7-8,11-12,25H2,1-2H3,(H2,26,30)(H,27,31)/t20-/m0/s1. The Morgan fingerprint density at radius 3 is 2.64 bits per heavy atom. The van der Waals surface area contributed by atoms with Crippen LogP contribution in [0.3, 0.4) is 0 Å². The summed E-state index contributed by atoms with van der Waals surface area (Å²) < 4.78 is 20.4. The third-order valence-corrected chi connectivity index (χ3v) is 6.45. The summed E-state index contributed by atoms with van der Waals surface area (Å²) in [5.41, 5.74) is 11.8. The molecule has 3 aromatic rings. The van der Waals surface area contributed by atoms with Gasteiger partial charge in [0.15, 0.2) is 23.2 Å². The molecule has 2 aromatic heterocycles. The summed E-state index contributed by atoms with van der Waals surface area (Å²) in [6.45, 7) is 4.63. The molecule has 12 heteroatoms. The number of hydrogen-bond acceptors (Lipinski definition) is 9. The summed E-state index contributed by atoms with van der Waals surface area (Å²) in [4.78, 5) is 40.3. The second kappa shape index (κ2) is 10.7. The average molecular weight is 514 g/mol. The predicted molar refractivity (Wildman–Crippen MR) is 131 cm³/mol. The monoisotopic (exact) mass is 513 g/mol. The summed E-state index contributed by atoms with van der Waals surface area (Å²) in [5, 5.41) is 2.90. The van der Waals surface area contributed by atoms with Crippen LogP contribution in [0.1, 0.15) is 57.8 Å². The van der Waals surface area contributed by atoms with Gasteiger partial charge in [-0.15, -0.1) is 0 Å². The Labute approximate surface area is 211 Å². The minimum Gasteiger partial charge on any atom is -0.467 e. The van der Waals surface area contributed by atoms with E-state index in [0.717, 1.165) is 18.0 Å². The highest BCUT2D eigenvalue weighted by atomic mass is 32.1. The largest absolute Gasteiger partial charge is 0.467 e. The van der Waals surface area contributed by atoms with Crippen molar-refractivity contribution in [2.24, 2.45) is 11.7 Å². The number of ether oxygens (including phenoxy) is 2. The van der Waals surface area contributed by atoms with E-state index >= 15 is 0 Å². The SMILES string of the molecule is CC(C)CCNC(=O)[C@H](c1ccco1)N(Cc1ccc2c(c1)OCO2)C(=O)c1snc(C(N)=O)c1N. The zero-order valence-corrected chi connectivity index (χ0v) is 20.7. The molecule has 5 N–H and O–H groups in total. The first kappa shape index (κ1) is 25.0. The van der Waals surface area contributed by atoms with Crippen LogP contribution in [0, 0.1) is 5.92 Å². The van der Waals surface area contributed by atoms with E-state index in [0.29, 0.717) is 29.5 Å². The Kier molecular flexibility index (Phi) is 7.44. The number of nitrogens with two attached hydrogens (primary N) is 2. The minimum atomic E-state index is -1.12.